The van der Waals surface area contributed by atoms with Crippen LogP contribution in [0, 0.1) is 17.8 Å². The van der Waals surface area contributed by atoms with Gasteiger partial charge < -0.3 is 34.5 Å². The number of esters is 1. The molecule has 11 nitrogen and oxygen atoms in total. The van der Waals surface area contributed by atoms with Gasteiger partial charge in [-0.05, 0) is 42.9 Å². The molecule has 6 atom stereocenters. The summed E-state index contributed by atoms with van der Waals surface area (Å²) in [5.74, 6) is -3.19. The van der Waals surface area contributed by atoms with Crippen molar-refractivity contribution in [1.82, 2.24) is 0 Å². The van der Waals surface area contributed by atoms with Crippen molar-refractivity contribution in [3.8, 4) is 11.5 Å². The van der Waals surface area contributed by atoms with Gasteiger partial charge in [0.15, 0.2) is 11.5 Å². The van der Waals surface area contributed by atoms with Gasteiger partial charge in [-0.15, -0.1) is 0 Å². The average molecular weight is 568 g/mol. The number of hydrogen-bond acceptors (Lipinski definition) is 10. The topological polar surface area (TPSA) is 161 Å². The van der Waals surface area contributed by atoms with Gasteiger partial charge in [-0.1, -0.05) is 60.5 Å². The lowest BCUT2D eigenvalue weighted by atomic mass is 9.79. The predicted octanol–water partition coefficient (Wildman–Crippen LogP) is 5.67. The molecular formula is C29H45NO10. The summed E-state index contributed by atoms with van der Waals surface area (Å²) in [5.41, 5.74) is 6.46. The first kappa shape index (κ1) is 34.7. The van der Waals surface area contributed by atoms with Gasteiger partial charge in [0, 0.05) is 18.3 Å². The Morgan fingerprint density at radius 2 is 1.38 bits per heavy atom. The molecule has 0 radical (unpaired) electrons. The van der Waals surface area contributed by atoms with Gasteiger partial charge in [-0.2, -0.15) is 0 Å². The van der Waals surface area contributed by atoms with Crippen LogP contribution in [0.25, 0.3) is 0 Å². The van der Waals surface area contributed by atoms with E-state index in [0.717, 1.165) is 12.8 Å². The number of hydrogen-bond donors (Lipinski definition) is 2. The summed E-state index contributed by atoms with van der Waals surface area (Å²) in [5, 5.41) is 9.74. The van der Waals surface area contributed by atoms with Crippen LogP contribution >= 0.6 is 0 Å². The van der Waals surface area contributed by atoms with E-state index in [0.29, 0.717) is 12.0 Å². The minimum atomic E-state index is -1.39. The van der Waals surface area contributed by atoms with Crippen molar-refractivity contribution in [2.75, 3.05) is 13.2 Å². The van der Waals surface area contributed by atoms with Crippen LogP contribution in [-0.4, -0.2) is 54.7 Å². The van der Waals surface area contributed by atoms with E-state index in [9.17, 15) is 24.3 Å². The Morgan fingerprint density at radius 3 is 1.85 bits per heavy atom. The maximum atomic E-state index is 12.5. The summed E-state index contributed by atoms with van der Waals surface area (Å²) in [4.78, 5) is 48.8. The number of nitrogens with two attached hydrogens (primary N) is 1. The van der Waals surface area contributed by atoms with Gasteiger partial charge >= 0.3 is 24.2 Å². The molecule has 0 aliphatic carbocycles. The maximum Gasteiger partial charge on any atom is 0.513 e. The highest BCUT2D eigenvalue weighted by atomic mass is 16.7. The maximum absolute atomic E-state index is 12.5. The highest BCUT2D eigenvalue weighted by Gasteiger charge is 2.36. The molecule has 3 N–H and O–H groups in total. The molecule has 0 saturated heterocycles. The van der Waals surface area contributed by atoms with Gasteiger partial charge in [0.25, 0.3) is 0 Å². The number of benzene rings is 1. The van der Waals surface area contributed by atoms with Crippen molar-refractivity contribution in [1.29, 1.82) is 0 Å². The van der Waals surface area contributed by atoms with Crippen LogP contribution in [0.1, 0.15) is 85.6 Å². The predicted molar refractivity (Wildman–Crippen MR) is 147 cm³/mol. The van der Waals surface area contributed by atoms with E-state index in [4.69, 9.17) is 29.4 Å². The summed E-state index contributed by atoms with van der Waals surface area (Å²) in [7, 11) is 0. The van der Waals surface area contributed by atoms with E-state index in [1.807, 2.05) is 34.6 Å². The summed E-state index contributed by atoms with van der Waals surface area (Å²) in [6.45, 7) is 13.2. The Kier molecular flexibility index (Phi) is 15.1. The van der Waals surface area contributed by atoms with Crippen molar-refractivity contribution in [2.24, 2.45) is 23.5 Å². The van der Waals surface area contributed by atoms with Crippen LogP contribution in [0.15, 0.2) is 18.2 Å². The highest BCUT2D eigenvalue weighted by Crippen LogP contribution is 2.37. The number of rotatable bonds is 16. The first-order valence-corrected chi connectivity index (χ1v) is 13.8. The summed E-state index contributed by atoms with van der Waals surface area (Å²) >= 11 is 0. The zero-order valence-electron chi connectivity index (χ0n) is 24.6. The minimum absolute atomic E-state index is 0.0980. The molecule has 0 aliphatic heterocycles. The first-order chi connectivity index (χ1) is 18.8. The second-order valence-corrected chi connectivity index (χ2v) is 10.3. The van der Waals surface area contributed by atoms with Crippen molar-refractivity contribution in [3.05, 3.63) is 23.8 Å². The van der Waals surface area contributed by atoms with Gasteiger partial charge in [0.1, 0.15) is 12.1 Å². The Labute approximate surface area is 236 Å². The zero-order chi connectivity index (χ0) is 30.4. The molecule has 0 bridgehead atoms. The number of ether oxygens (including phenoxy) is 5. The largest absolute Gasteiger partial charge is 0.513 e. The second kappa shape index (κ2) is 17.4. The molecule has 0 aromatic heterocycles. The summed E-state index contributed by atoms with van der Waals surface area (Å²) in [6.07, 6.45) is -0.277. The molecule has 5 unspecified atom stereocenters. The first-order valence-electron chi connectivity index (χ1n) is 13.8. The van der Waals surface area contributed by atoms with Crippen LogP contribution in [0.2, 0.25) is 0 Å². The lowest BCUT2D eigenvalue weighted by Crippen LogP contribution is -2.42. The van der Waals surface area contributed by atoms with E-state index in [-0.39, 0.29) is 43.0 Å². The SMILES string of the molecule is CCCC(=O)OC(C)C(C)C(c1ccc(OC(=O)OCC(C)CC)c(OC(=O)OCC(C)CC)c1)[C@H](N)C(=O)O. The number of carboxylic acids is 1. The van der Waals surface area contributed by atoms with Gasteiger partial charge in [0.2, 0.25) is 0 Å². The molecular weight excluding hydrogens is 522 g/mol. The van der Waals surface area contributed by atoms with E-state index >= 15 is 0 Å². The van der Waals surface area contributed by atoms with Crippen LogP contribution in [0.3, 0.4) is 0 Å². The Balaban J connectivity index is 3.39. The lowest BCUT2D eigenvalue weighted by Gasteiger charge is -2.31. The van der Waals surface area contributed by atoms with Crippen molar-refractivity contribution in [3.63, 3.8) is 0 Å². The smallest absolute Gasteiger partial charge is 0.480 e. The summed E-state index contributed by atoms with van der Waals surface area (Å²) < 4.78 is 26.5. The van der Waals surface area contributed by atoms with E-state index in [2.05, 4.69) is 0 Å². The van der Waals surface area contributed by atoms with E-state index in [1.165, 1.54) is 18.2 Å². The molecule has 0 spiro atoms. The Hall–Kier alpha value is -3.34. The summed E-state index contributed by atoms with van der Waals surface area (Å²) in [6, 6.07) is 2.85. The molecule has 0 heterocycles. The Bertz CT molecular complexity index is 982. The Morgan fingerprint density at radius 1 is 0.850 bits per heavy atom. The standard InChI is InChI=1S/C29H45NO10/c1-8-11-24(31)38-20(7)19(6)25(26(30)27(32)33)21-12-13-22(39-28(34)36-15-17(4)9-2)23(14-21)40-29(35)37-16-18(5)10-3/h12-14,17-20,25-26H,8-11,15-16,30H2,1-7H3,(H,32,33)/t17?,18?,19?,20?,25?,26-/m0/s1. The fourth-order valence-electron chi connectivity index (χ4n) is 3.65. The number of aliphatic carboxylic acids is 1. The van der Waals surface area contributed by atoms with Crippen molar-refractivity contribution in [2.45, 2.75) is 92.2 Å². The third-order valence-electron chi connectivity index (χ3n) is 6.85. The van der Waals surface area contributed by atoms with E-state index in [1.54, 1.807) is 13.8 Å². The molecule has 11 heteroatoms. The number of carbonyl (C=O) groups is 4. The fourth-order valence-corrected chi connectivity index (χ4v) is 3.65. The third-order valence-corrected chi connectivity index (χ3v) is 6.85. The molecule has 226 valence electrons. The molecule has 40 heavy (non-hydrogen) atoms. The van der Waals surface area contributed by atoms with Crippen LogP contribution in [-0.2, 0) is 23.8 Å². The molecule has 0 aliphatic rings. The van der Waals surface area contributed by atoms with Crippen LogP contribution in [0.4, 0.5) is 9.59 Å². The van der Waals surface area contributed by atoms with Crippen LogP contribution in [0.5, 0.6) is 11.5 Å². The molecule has 1 aromatic carbocycles. The number of carboxylic acid groups (broad SMARTS) is 1. The van der Waals surface area contributed by atoms with Crippen molar-refractivity contribution >= 4 is 24.2 Å². The normalized spacial score (nSPS) is 15.5. The van der Waals surface area contributed by atoms with Gasteiger partial charge in [-0.25, -0.2) is 9.59 Å². The van der Waals surface area contributed by atoms with Crippen molar-refractivity contribution < 1.29 is 48.0 Å². The average Bonchev–Trinajstić information content (AvgIpc) is 2.91. The molecule has 0 fully saturated rings. The lowest BCUT2D eigenvalue weighted by molar-refractivity contribution is -0.151. The van der Waals surface area contributed by atoms with Crippen LogP contribution < -0.4 is 15.2 Å². The molecule has 0 amide bonds. The highest BCUT2D eigenvalue weighted by molar-refractivity contribution is 5.75. The number of carbonyl (C=O) groups excluding carboxylic acids is 3. The molecule has 0 saturated carbocycles. The van der Waals surface area contributed by atoms with E-state index < -0.39 is 48.2 Å². The second-order valence-electron chi connectivity index (χ2n) is 10.3. The fraction of sp³-hybridized carbons (Fsp3) is 0.655. The minimum Gasteiger partial charge on any atom is -0.480 e. The monoisotopic (exact) mass is 567 g/mol. The molecule has 1 aromatic rings. The van der Waals surface area contributed by atoms with Gasteiger partial charge in [-0.3, -0.25) is 9.59 Å². The zero-order valence-corrected chi connectivity index (χ0v) is 24.6. The van der Waals surface area contributed by atoms with Gasteiger partial charge in [0.05, 0.1) is 13.2 Å². The molecule has 1 rings (SSSR count). The quantitative estimate of drug-likeness (QED) is 0.144. The third kappa shape index (κ3) is 11.4.